The van der Waals surface area contributed by atoms with Crippen molar-refractivity contribution in [1.29, 1.82) is 0 Å². The Kier molecular flexibility index (Phi) is 5.56. The van der Waals surface area contributed by atoms with E-state index in [1.165, 1.54) is 10.4 Å². The highest BCUT2D eigenvalue weighted by Gasteiger charge is 2.20. The van der Waals surface area contributed by atoms with E-state index in [-0.39, 0.29) is 0 Å². The summed E-state index contributed by atoms with van der Waals surface area (Å²) in [5, 5.41) is 2.71. The summed E-state index contributed by atoms with van der Waals surface area (Å²) in [7, 11) is -1.57. The Labute approximate surface area is 124 Å². The van der Waals surface area contributed by atoms with Crippen LogP contribution in [0, 0.1) is 5.92 Å². The van der Waals surface area contributed by atoms with Gasteiger partial charge < -0.3 is 4.43 Å². The molecule has 0 amide bonds. The maximum atomic E-state index is 6.47. The molecule has 1 nitrogen and oxygen atoms in total. The molecule has 0 saturated carbocycles. The first-order valence-corrected chi connectivity index (χ1v) is 9.04. The van der Waals surface area contributed by atoms with E-state index >= 15 is 0 Å². The molecule has 0 spiro atoms. The van der Waals surface area contributed by atoms with E-state index in [0.29, 0.717) is 12.0 Å². The second kappa shape index (κ2) is 7.41. The van der Waals surface area contributed by atoms with Crippen LogP contribution < -0.4 is 10.4 Å². The Morgan fingerprint density at radius 2 is 1.25 bits per heavy atom. The molecule has 0 N–H and O–H groups in total. The molecule has 0 unspecified atom stereocenters. The third-order valence-electron chi connectivity index (χ3n) is 3.38. The van der Waals surface area contributed by atoms with Gasteiger partial charge in [-0.25, -0.2) is 0 Å². The second-order valence-corrected chi connectivity index (χ2v) is 8.14. The van der Waals surface area contributed by atoms with Crippen molar-refractivity contribution in [2.45, 2.75) is 33.3 Å². The first-order valence-electron chi connectivity index (χ1n) is 7.42. The zero-order chi connectivity index (χ0) is 14.4. The molecule has 0 aliphatic heterocycles. The highest BCUT2D eigenvalue weighted by Crippen LogP contribution is 2.09. The first-order chi connectivity index (χ1) is 9.66. The molecule has 0 radical (unpaired) electrons. The van der Waals surface area contributed by atoms with Crippen molar-refractivity contribution in [2.24, 2.45) is 5.92 Å². The second-order valence-electron chi connectivity index (χ2n) is 5.78. The highest BCUT2D eigenvalue weighted by atomic mass is 28.3. The summed E-state index contributed by atoms with van der Waals surface area (Å²) in [6.45, 7) is 6.70. The van der Waals surface area contributed by atoms with Crippen molar-refractivity contribution in [3.8, 4) is 0 Å². The lowest BCUT2D eigenvalue weighted by molar-refractivity contribution is 0.200. The Morgan fingerprint density at radius 1 is 0.800 bits per heavy atom. The smallest absolute Gasteiger partial charge is 0.240 e. The molecule has 2 aromatic carbocycles. The van der Waals surface area contributed by atoms with Crippen molar-refractivity contribution in [3.63, 3.8) is 0 Å². The minimum absolute atomic E-state index is 0.312. The van der Waals surface area contributed by atoms with Crippen LogP contribution in [0.2, 0.25) is 0 Å². The van der Waals surface area contributed by atoms with E-state index in [1.54, 1.807) is 0 Å². The van der Waals surface area contributed by atoms with E-state index in [1.807, 2.05) is 0 Å². The molecule has 0 aromatic heterocycles. The lowest BCUT2D eigenvalue weighted by atomic mass is 10.1. The van der Waals surface area contributed by atoms with Crippen LogP contribution >= 0.6 is 0 Å². The summed E-state index contributed by atoms with van der Waals surface area (Å²) in [5.41, 5.74) is 0. The van der Waals surface area contributed by atoms with Gasteiger partial charge in [0.2, 0.25) is 9.04 Å². The first kappa shape index (κ1) is 15.0. The van der Waals surface area contributed by atoms with Gasteiger partial charge in [0.15, 0.2) is 0 Å². The largest absolute Gasteiger partial charge is 0.408 e. The van der Waals surface area contributed by atoms with Crippen LogP contribution in [0.5, 0.6) is 0 Å². The fraction of sp³-hybridized carbons (Fsp3) is 0.333. The van der Waals surface area contributed by atoms with Gasteiger partial charge >= 0.3 is 0 Å². The minimum atomic E-state index is -1.57. The molecule has 1 atom stereocenters. The molecule has 0 saturated heterocycles. The summed E-state index contributed by atoms with van der Waals surface area (Å²) in [4.78, 5) is 0. The molecule has 0 fully saturated rings. The van der Waals surface area contributed by atoms with E-state index in [2.05, 4.69) is 81.4 Å². The van der Waals surface area contributed by atoms with Crippen LogP contribution in [0.3, 0.4) is 0 Å². The third kappa shape index (κ3) is 4.32. The van der Waals surface area contributed by atoms with Crippen molar-refractivity contribution in [1.82, 2.24) is 0 Å². The average molecular weight is 284 g/mol. The Hall–Kier alpha value is -1.38. The fourth-order valence-electron chi connectivity index (χ4n) is 2.56. The Bertz CT molecular complexity index is 456. The summed E-state index contributed by atoms with van der Waals surface area (Å²) in [5.74, 6) is 0.672. The van der Waals surface area contributed by atoms with E-state index in [0.717, 1.165) is 6.42 Å². The van der Waals surface area contributed by atoms with Crippen molar-refractivity contribution >= 4 is 19.4 Å². The minimum Gasteiger partial charge on any atom is -0.408 e. The predicted octanol–water partition coefficient (Wildman–Crippen LogP) is 2.98. The molecule has 2 rings (SSSR count). The summed E-state index contributed by atoms with van der Waals surface area (Å²) < 4.78 is 6.47. The number of hydrogen-bond donors (Lipinski definition) is 0. The fourth-order valence-corrected chi connectivity index (χ4v) is 4.98. The standard InChI is InChI=1S/C18H24OSi/c1-15(2)14-16(3)19-20(17-10-6-4-7-11-17)18-12-8-5-9-13-18/h4-13,15-16,20H,14H2,1-3H3/t16-/m0/s1. The maximum Gasteiger partial charge on any atom is 0.240 e. The summed E-state index contributed by atoms with van der Waals surface area (Å²) in [6, 6.07) is 21.4. The monoisotopic (exact) mass is 284 g/mol. The van der Waals surface area contributed by atoms with Crippen LogP contribution in [-0.2, 0) is 4.43 Å². The Balaban J connectivity index is 2.21. The van der Waals surface area contributed by atoms with Gasteiger partial charge in [-0.1, -0.05) is 74.5 Å². The molecule has 2 heteroatoms. The number of benzene rings is 2. The van der Waals surface area contributed by atoms with Crippen LogP contribution in [0.25, 0.3) is 0 Å². The van der Waals surface area contributed by atoms with Gasteiger partial charge in [0.25, 0.3) is 0 Å². The van der Waals surface area contributed by atoms with Crippen LogP contribution in [0.15, 0.2) is 60.7 Å². The van der Waals surface area contributed by atoms with Gasteiger partial charge in [0.05, 0.1) is 0 Å². The Morgan fingerprint density at radius 3 is 1.65 bits per heavy atom. The molecule has 0 bridgehead atoms. The topological polar surface area (TPSA) is 9.23 Å². The summed E-state index contributed by atoms with van der Waals surface area (Å²) >= 11 is 0. The zero-order valence-corrected chi connectivity index (χ0v) is 13.8. The summed E-state index contributed by atoms with van der Waals surface area (Å²) in [6.07, 6.45) is 1.43. The molecule has 20 heavy (non-hydrogen) atoms. The molecular formula is C18H24OSi. The van der Waals surface area contributed by atoms with Gasteiger partial charge in [0.1, 0.15) is 0 Å². The lowest BCUT2D eigenvalue weighted by Crippen LogP contribution is -2.46. The van der Waals surface area contributed by atoms with Crippen molar-refractivity contribution in [3.05, 3.63) is 60.7 Å². The molecule has 0 aliphatic carbocycles. The van der Waals surface area contributed by atoms with Crippen molar-refractivity contribution in [2.75, 3.05) is 0 Å². The van der Waals surface area contributed by atoms with Gasteiger partial charge in [-0.15, -0.1) is 0 Å². The lowest BCUT2D eigenvalue weighted by Gasteiger charge is -2.23. The quantitative estimate of drug-likeness (QED) is 0.741. The highest BCUT2D eigenvalue weighted by molar-refractivity contribution is 6.80. The van der Waals surface area contributed by atoms with Crippen molar-refractivity contribution < 1.29 is 4.43 Å². The average Bonchev–Trinajstić information content (AvgIpc) is 2.46. The van der Waals surface area contributed by atoms with Gasteiger partial charge in [-0.3, -0.25) is 0 Å². The molecule has 0 heterocycles. The maximum absolute atomic E-state index is 6.47. The predicted molar refractivity (Wildman–Crippen MR) is 89.3 cm³/mol. The zero-order valence-electron chi connectivity index (χ0n) is 12.6. The third-order valence-corrected chi connectivity index (χ3v) is 6.09. The van der Waals surface area contributed by atoms with Gasteiger partial charge in [-0.05, 0) is 29.6 Å². The van der Waals surface area contributed by atoms with Crippen LogP contribution in [0.1, 0.15) is 27.2 Å². The molecule has 0 aliphatic rings. The number of hydrogen-bond acceptors (Lipinski definition) is 1. The SMILES string of the molecule is CC(C)C[C@H](C)O[SiH](c1ccccc1)c1ccccc1. The van der Waals surface area contributed by atoms with Crippen LogP contribution in [-0.4, -0.2) is 15.1 Å². The molecule has 106 valence electrons. The van der Waals surface area contributed by atoms with Crippen LogP contribution in [0.4, 0.5) is 0 Å². The molecular weight excluding hydrogens is 260 g/mol. The van der Waals surface area contributed by atoms with E-state index in [4.69, 9.17) is 4.43 Å². The number of rotatable bonds is 6. The normalized spacial score (nSPS) is 12.8. The van der Waals surface area contributed by atoms with Gasteiger partial charge in [0, 0.05) is 6.10 Å². The van der Waals surface area contributed by atoms with Gasteiger partial charge in [-0.2, -0.15) is 0 Å². The molecule has 2 aromatic rings. The van der Waals surface area contributed by atoms with E-state index < -0.39 is 9.04 Å². The van der Waals surface area contributed by atoms with E-state index in [9.17, 15) is 0 Å².